The minimum atomic E-state index is 0.430. The van der Waals surface area contributed by atoms with Gasteiger partial charge in [-0.2, -0.15) is 0 Å². The molecule has 3 rings (SSSR count). The normalized spacial score (nSPS) is 22.9. The highest BCUT2D eigenvalue weighted by molar-refractivity contribution is 8.01. The highest BCUT2D eigenvalue weighted by Gasteiger charge is 2.39. The zero-order valence-corrected chi connectivity index (χ0v) is 9.65. The number of thioether (sulfide) groups is 1. The maximum absolute atomic E-state index is 9.82. The van der Waals surface area contributed by atoms with Gasteiger partial charge < -0.3 is 5.11 Å². The van der Waals surface area contributed by atoms with Crippen LogP contribution in [0.1, 0.15) is 37.7 Å². The fraction of sp³-hybridized carbons (Fsp3) is 0.538. The summed E-state index contributed by atoms with van der Waals surface area (Å²) in [6.07, 6.45) is 7.94. The maximum atomic E-state index is 9.82. The van der Waals surface area contributed by atoms with Crippen molar-refractivity contribution in [2.24, 2.45) is 0 Å². The number of hydrogen-bond donors (Lipinski definition) is 1. The van der Waals surface area contributed by atoms with Crippen molar-refractivity contribution in [3.05, 3.63) is 23.8 Å². The minimum Gasteiger partial charge on any atom is -0.507 e. The van der Waals surface area contributed by atoms with Gasteiger partial charge in [-0.15, -0.1) is 11.8 Å². The Kier molecular flexibility index (Phi) is 2.20. The molecule has 0 amide bonds. The van der Waals surface area contributed by atoms with E-state index in [1.807, 2.05) is 23.9 Å². The van der Waals surface area contributed by atoms with Crippen LogP contribution < -0.4 is 0 Å². The van der Waals surface area contributed by atoms with Crippen molar-refractivity contribution in [3.8, 4) is 5.75 Å². The minimum absolute atomic E-state index is 0.430. The summed E-state index contributed by atoms with van der Waals surface area (Å²) >= 11 is 1.94. The van der Waals surface area contributed by atoms with Gasteiger partial charge in [-0.25, -0.2) is 0 Å². The summed E-state index contributed by atoms with van der Waals surface area (Å²) in [5.74, 6) is 0.486. The van der Waals surface area contributed by atoms with Crippen molar-refractivity contribution in [2.75, 3.05) is 0 Å². The number of phenols is 1. The molecule has 2 heteroatoms. The third kappa shape index (κ3) is 1.55. The van der Waals surface area contributed by atoms with Gasteiger partial charge in [0, 0.05) is 4.75 Å². The molecule has 1 fully saturated rings. The lowest BCUT2D eigenvalue weighted by molar-refractivity contribution is 0.400. The van der Waals surface area contributed by atoms with Crippen molar-refractivity contribution < 1.29 is 5.11 Å². The Balaban J connectivity index is 1.94. The Bertz CT molecular complexity index is 380. The van der Waals surface area contributed by atoms with Crippen molar-refractivity contribution in [1.29, 1.82) is 0 Å². The molecule has 0 radical (unpaired) electrons. The fourth-order valence-electron chi connectivity index (χ4n) is 2.90. The zero-order valence-electron chi connectivity index (χ0n) is 8.83. The summed E-state index contributed by atoms with van der Waals surface area (Å²) in [5, 5.41) is 9.82. The molecule has 1 aromatic rings. The van der Waals surface area contributed by atoms with E-state index in [0.717, 1.165) is 4.90 Å². The van der Waals surface area contributed by atoms with Crippen LogP contribution in [0, 0.1) is 0 Å². The number of rotatable bonds is 0. The Morgan fingerprint density at radius 2 is 1.93 bits per heavy atom. The molecule has 1 aliphatic carbocycles. The van der Waals surface area contributed by atoms with Crippen LogP contribution in [0.4, 0.5) is 0 Å². The molecule has 80 valence electrons. The van der Waals surface area contributed by atoms with Crippen LogP contribution in [-0.2, 0) is 6.42 Å². The average Bonchev–Trinajstić information content (AvgIpc) is 2.59. The van der Waals surface area contributed by atoms with Gasteiger partial charge in [0.05, 0.1) is 4.90 Å². The molecule has 1 N–H and O–H groups in total. The third-order valence-electron chi connectivity index (χ3n) is 3.67. The summed E-state index contributed by atoms with van der Waals surface area (Å²) in [6, 6.07) is 5.95. The smallest absolute Gasteiger partial charge is 0.129 e. The zero-order chi connectivity index (χ0) is 10.3. The van der Waals surface area contributed by atoms with Gasteiger partial charge in [0.2, 0.25) is 0 Å². The van der Waals surface area contributed by atoms with Crippen LogP contribution in [-0.4, -0.2) is 9.85 Å². The van der Waals surface area contributed by atoms with Crippen LogP contribution >= 0.6 is 11.8 Å². The van der Waals surface area contributed by atoms with Crippen molar-refractivity contribution in [1.82, 2.24) is 0 Å². The lowest BCUT2D eigenvalue weighted by Crippen LogP contribution is -2.26. The third-order valence-corrected chi connectivity index (χ3v) is 5.33. The van der Waals surface area contributed by atoms with Gasteiger partial charge >= 0.3 is 0 Å². The van der Waals surface area contributed by atoms with Crippen LogP contribution in [0.25, 0.3) is 0 Å². The molecule has 1 saturated carbocycles. The average molecular weight is 220 g/mol. The predicted octanol–water partition coefficient (Wildman–Crippen LogP) is 3.74. The fourth-order valence-corrected chi connectivity index (χ4v) is 4.50. The molecule has 1 aromatic carbocycles. The number of phenolic OH excluding ortho intramolecular Hbond substituents is 1. The second kappa shape index (κ2) is 3.44. The van der Waals surface area contributed by atoms with Crippen LogP contribution in [0.5, 0.6) is 5.75 Å². The summed E-state index contributed by atoms with van der Waals surface area (Å²) in [4.78, 5) is 1.15. The largest absolute Gasteiger partial charge is 0.507 e. The molecular weight excluding hydrogens is 204 g/mol. The first-order chi connectivity index (χ1) is 7.29. The van der Waals surface area contributed by atoms with E-state index >= 15 is 0 Å². The van der Waals surface area contributed by atoms with Crippen molar-refractivity contribution in [3.63, 3.8) is 0 Å². The quantitative estimate of drug-likeness (QED) is 0.718. The van der Waals surface area contributed by atoms with Crippen molar-refractivity contribution in [2.45, 2.75) is 48.2 Å². The highest BCUT2D eigenvalue weighted by Crippen LogP contribution is 2.54. The summed E-state index contributed by atoms with van der Waals surface area (Å²) in [5.41, 5.74) is 1.36. The van der Waals surface area contributed by atoms with Gasteiger partial charge in [0.25, 0.3) is 0 Å². The first-order valence-electron chi connectivity index (χ1n) is 5.79. The molecule has 2 aliphatic rings. The molecule has 15 heavy (non-hydrogen) atoms. The standard InChI is InChI=1S/C13H16OS/c14-11-6-4-5-10-9-13(15-12(10)11)7-2-1-3-8-13/h4-6,14H,1-3,7-9H2. The van der Waals surface area contributed by atoms with E-state index in [-0.39, 0.29) is 0 Å². The van der Waals surface area contributed by atoms with E-state index in [0.29, 0.717) is 10.5 Å². The number of benzene rings is 1. The molecule has 0 aromatic heterocycles. The van der Waals surface area contributed by atoms with E-state index in [4.69, 9.17) is 0 Å². The van der Waals surface area contributed by atoms with E-state index in [9.17, 15) is 5.11 Å². The molecule has 1 nitrogen and oxygen atoms in total. The van der Waals surface area contributed by atoms with E-state index in [2.05, 4.69) is 6.07 Å². The van der Waals surface area contributed by atoms with Crippen LogP contribution in [0.3, 0.4) is 0 Å². The van der Waals surface area contributed by atoms with E-state index < -0.39 is 0 Å². The van der Waals surface area contributed by atoms with E-state index in [1.54, 1.807) is 0 Å². The Hall–Kier alpha value is -0.630. The van der Waals surface area contributed by atoms with E-state index in [1.165, 1.54) is 44.1 Å². The Labute approximate surface area is 94.9 Å². The van der Waals surface area contributed by atoms with Crippen LogP contribution in [0.15, 0.2) is 23.1 Å². The Morgan fingerprint density at radius 1 is 1.13 bits per heavy atom. The van der Waals surface area contributed by atoms with Gasteiger partial charge in [0.1, 0.15) is 5.75 Å². The van der Waals surface area contributed by atoms with Gasteiger partial charge in [-0.1, -0.05) is 31.4 Å². The summed E-state index contributed by atoms with van der Waals surface area (Å²) < 4.78 is 0.430. The van der Waals surface area contributed by atoms with Gasteiger partial charge in [0.15, 0.2) is 0 Å². The SMILES string of the molecule is Oc1cccc2c1SC1(CCCCC1)C2. The van der Waals surface area contributed by atoms with Crippen molar-refractivity contribution >= 4 is 11.8 Å². The summed E-state index contributed by atoms with van der Waals surface area (Å²) in [7, 11) is 0. The molecule has 0 bridgehead atoms. The maximum Gasteiger partial charge on any atom is 0.129 e. The molecule has 0 saturated heterocycles. The Morgan fingerprint density at radius 3 is 2.67 bits per heavy atom. The lowest BCUT2D eigenvalue weighted by atomic mass is 9.84. The molecule has 1 heterocycles. The number of hydrogen-bond acceptors (Lipinski definition) is 2. The topological polar surface area (TPSA) is 20.2 Å². The van der Waals surface area contributed by atoms with Crippen LogP contribution in [0.2, 0.25) is 0 Å². The highest BCUT2D eigenvalue weighted by atomic mass is 32.2. The number of aromatic hydroxyl groups is 1. The second-order valence-corrected chi connectivity index (χ2v) is 6.27. The van der Waals surface area contributed by atoms with Gasteiger partial charge in [-0.3, -0.25) is 0 Å². The number of fused-ring (bicyclic) bond motifs is 1. The molecule has 0 atom stereocenters. The summed E-state index contributed by atoms with van der Waals surface area (Å²) in [6.45, 7) is 0. The lowest BCUT2D eigenvalue weighted by Gasteiger charge is -2.32. The molecular formula is C13H16OS. The monoisotopic (exact) mass is 220 g/mol. The molecule has 0 unspecified atom stereocenters. The van der Waals surface area contributed by atoms with Gasteiger partial charge in [-0.05, 0) is 30.9 Å². The molecule has 1 aliphatic heterocycles. The first kappa shape index (κ1) is 9.59. The predicted molar refractivity (Wildman–Crippen MR) is 63.5 cm³/mol. The molecule has 1 spiro atoms. The second-order valence-electron chi connectivity index (χ2n) is 4.79. The first-order valence-corrected chi connectivity index (χ1v) is 6.61.